The Bertz CT molecular complexity index is 1580. The maximum absolute atomic E-state index is 10.6. The molecule has 5 aromatic rings. The SMILES string of the molecule is N#Cc1cc(C(N)=O)ccc1O.N=Cc1cccc2c1ccn2Cc1csc2ccc(Cl)cc12. The summed E-state index contributed by atoms with van der Waals surface area (Å²) >= 11 is 7.89. The zero-order valence-corrected chi connectivity index (χ0v) is 19.4. The first-order chi connectivity index (χ1) is 16.4. The summed E-state index contributed by atoms with van der Waals surface area (Å²) in [7, 11) is 0. The quantitative estimate of drug-likeness (QED) is 0.274. The number of rotatable bonds is 4. The lowest BCUT2D eigenvalue weighted by atomic mass is 10.1. The van der Waals surface area contributed by atoms with Crippen molar-refractivity contribution in [2.45, 2.75) is 6.54 Å². The van der Waals surface area contributed by atoms with Gasteiger partial charge in [-0.3, -0.25) is 4.79 Å². The maximum Gasteiger partial charge on any atom is 0.248 e. The molecule has 6 nitrogen and oxygen atoms in total. The number of hydrogen-bond donors (Lipinski definition) is 3. The van der Waals surface area contributed by atoms with Gasteiger partial charge in [0.25, 0.3) is 0 Å². The molecule has 0 saturated heterocycles. The molecule has 0 fully saturated rings. The van der Waals surface area contributed by atoms with Gasteiger partial charge >= 0.3 is 0 Å². The lowest BCUT2D eigenvalue weighted by Crippen LogP contribution is -2.10. The van der Waals surface area contributed by atoms with E-state index in [1.54, 1.807) is 17.4 Å². The van der Waals surface area contributed by atoms with Gasteiger partial charge in [0.2, 0.25) is 5.91 Å². The molecule has 5 rings (SSSR count). The number of carbonyl (C=O) groups excluding carboxylic acids is 1. The van der Waals surface area contributed by atoms with Crippen LogP contribution in [0.2, 0.25) is 5.02 Å². The van der Waals surface area contributed by atoms with E-state index in [0.717, 1.165) is 28.0 Å². The lowest BCUT2D eigenvalue weighted by molar-refractivity contribution is 0.1000. The molecule has 0 unspecified atom stereocenters. The summed E-state index contributed by atoms with van der Waals surface area (Å²) in [5.41, 5.74) is 8.60. The van der Waals surface area contributed by atoms with Crippen molar-refractivity contribution in [3.63, 3.8) is 0 Å². The van der Waals surface area contributed by atoms with Crippen molar-refractivity contribution in [2.24, 2.45) is 5.73 Å². The second-order valence-corrected chi connectivity index (χ2v) is 8.83. The highest BCUT2D eigenvalue weighted by atomic mass is 35.5. The van der Waals surface area contributed by atoms with Crippen molar-refractivity contribution < 1.29 is 9.90 Å². The van der Waals surface area contributed by atoms with E-state index >= 15 is 0 Å². The van der Waals surface area contributed by atoms with Gasteiger partial charge in [-0.15, -0.1) is 11.3 Å². The normalized spacial score (nSPS) is 10.5. The molecule has 168 valence electrons. The molecule has 0 atom stereocenters. The van der Waals surface area contributed by atoms with Crippen molar-refractivity contribution in [3.8, 4) is 11.8 Å². The minimum absolute atomic E-state index is 0.0475. The Morgan fingerprint density at radius 3 is 2.74 bits per heavy atom. The number of hydrogen-bond acceptors (Lipinski definition) is 5. The van der Waals surface area contributed by atoms with E-state index in [9.17, 15) is 4.79 Å². The number of nitrogens with two attached hydrogens (primary N) is 1. The summed E-state index contributed by atoms with van der Waals surface area (Å²) < 4.78 is 3.49. The fourth-order valence-electron chi connectivity index (χ4n) is 3.65. The van der Waals surface area contributed by atoms with Crippen LogP contribution < -0.4 is 5.73 Å². The Morgan fingerprint density at radius 2 is 2.00 bits per heavy atom. The lowest BCUT2D eigenvalue weighted by Gasteiger charge is -2.06. The third-order valence-electron chi connectivity index (χ3n) is 5.36. The number of phenols is 1. The number of nitrogens with zero attached hydrogens (tertiary/aromatic N) is 2. The Balaban J connectivity index is 0.000000195. The topological polar surface area (TPSA) is 116 Å². The second kappa shape index (κ2) is 9.79. The summed E-state index contributed by atoms with van der Waals surface area (Å²) in [4.78, 5) is 10.6. The fourth-order valence-corrected chi connectivity index (χ4v) is 4.76. The van der Waals surface area contributed by atoms with Gasteiger partial charge in [0, 0.05) is 50.7 Å². The van der Waals surface area contributed by atoms with Gasteiger partial charge in [-0.1, -0.05) is 23.7 Å². The highest BCUT2D eigenvalue weighted by Gasteiger charge is 2.09. The van der Waals surface area contributed by atoms with Crippen LogP contribution in [0.3, 0.4) is 0 Å². The number of phenolic OH excluding ortho intramolecular Hbond substituents is 1. The summed E-state index contributed by atoms with van der Waals surface area (Å²) in [6, 6.07) is 19.8. The van der Waals surface area contributed by atoms with Crippen LogP contribution in [0.25, 0.3) is 21.0 Å². The van der Waals surface area contributed by atoms with E-state index < -0.39 is 5.91 Å². The minimum atomic E-state index is -0.619. The molecule has 2 aromatic heterocycles. The number of primary amides is 1. The predicted octanol–water partition coefficient (Wildman–Crippen LogP) is 5.92. The number of amides is 1. The largest absolute Gasteiger partial charge is 0.507 e. The number of halogens is 1. The third kappa shape index (κ3) is 4.64. The van der Waals surface area contributed by atoms with E-state index in [1.807, 2.05) is 24.3 Å². The number of benzene rings is 3. The van der Waals surface area contributed by atoms with Crippen LogP contribution in [0.5, 0.6) is 5.75 Å². The molecule has 0 bridgehead atoms. The fraction of sp³-hybridized carbons (Fsp3) is 0.0385. The number of aromatic nitrogens is 1. The van der Waals surface area contributed by atoms with E-state index in [2.05, 4.69) is 34.3 Å². The molecule has 0 radical (unpaired) electrons. The molecule has 1 amide bonds. The van der Waals surface area contributed by atoms with Gasteiger partial charge in [0.05, 0.1) is 5.56 Å². The van der Waals surface area contributed by atoms with Crippen LogP contribution in [0, 0.1) is 16.7 Å². The van der Waals surface area contributed by atoms with Crippen molar-refractivity contribution >= 4 is 56.0 Å². The van der Waals surface area contributed by atoms with Crippen LogP contribution in [0.4, 0.5) is 0 Å². The van der Waals surface area contributed by atoms with E-state index in [4.69, 9.17) is 33.1 Å². The molecule has 4 N–H and O–H groups in total. The number of thiophene rings is 1. The highest BCUT2D eigenvalue weighted by Crippen LogP contribution is 2.30. The summed E-state index contributed by atoms with van der Waals surface area (Å²) in [5, 5.41) is 30.3. The first-order valence-electron chi connectivity index (χ1n) is 10.2. The molecule has 0 aliphatic carbocycles. The summed E-state index contributed by atoms with van der Waals surface area (Å²) in [5.74, 6) is -0.769. The van der Waals surface area contributed by atoms with Crippen molar-refractivity contribution in [1.29, 1.82) is 10.7 Å². The first-order valence-corrected chi connectivity index (χ1v) is 11.4. The number of fused-ring (bicyclic) bond motifs is 2. The number of nitrogens with one attached hydrogen (secondary N) is 1. The van der Waals surface area contributed by atoms with Gasteiger partial charge in [0.1, 0.15) is 11.8 Å². The van der Waals surface area contributed by atoms with Crippen LogP contribution in [0.15, 0.2) is 72.2 Å². The number of aromatic hydroxyl groups is 1. The van der Waals surface area contributed by atoms with E-state index in [-0.39, 0.29) is 16.9 Å². The zero-order valence-electron chi connectivity index (χ0n) is 17.8. The Kier molecular flexibility index (Phi) is 6.64. The second-order valence-electron chi connectivity index (χ2n) is 7.48. The Morgan fingerprint density at radius 1 is 1.18 bits per heavy atom. The van der Waals surface area contributed by atoms with Gasteiger partial charge in [-0.2, -0.15) is 5.26 Å². The van der Waals surface area contributed by atoms with Crippen molar-refractivity contribution in [1.82, 2.24) is 4.57 Å². The van der Waals surface area contributed by atoms with Gasteiger partial charge in [-0.05, 0) is 64.9 Å². The monoisotopic (exact) mass is 486 g/mol. The molecular weight excluding hydrogens is 468 g/mol. The molecule has 0 spiro atoms. The predicted molar refractivity (Wildman–Crippen MR) is 137 cm³/mol. The molecule has 0 aliphatic heterocycles. The van der Waals surface area contributed by atoms with Gasteiger partial charge < -0.3 is 20.8 Å². The summed E-state index contributed by atoms with van der Waals surface area (Å²) in [6.07, 6.45) is 3.50. The maximum atomic E-state index is 10.6. The molecule has 2 heterocycles. The Labute approximate surface area is 204 Å². The average Bonchev–Trinajstić information content (AvgIpc) is 3.44. The number of carbonyl (C=O) groups is 1. The van der Waals surface area contributed by atoms with E-state index in [1.165, 1.54) is 40.1 Å². The van der Waals surface area contributed by atoms with Gasteiger partial charge in [0.15, 0.2) is 0 Å². The highest BCUT2D eigenvalue weighted by molar-refractivity contribution is 7.17. The summed E-state index contributed by atoms with van der Waals surface area (Å²) in [6.45, 7) is 0.811. The van der Waals surface area contributed by atoms with Crippen molar-refractivity contribution in [2.75, 3.05) is 0 Å². The minimum Gasteiger partial charge on any atom is -0.507 e. The Hall–Kier alpha value is -4.12. The molecule has 0 aliphatic rings. The van der Waals surface area contributed by atoms with E-state index in [0.29, 0.717) is 0 Å². The molecule has 34 heavy (non-hydrogen) atoms. The standard InChI is InChI=1S/C18H13ClN2S.C8H6N2O2/c19-14-4-5-18-16(8-14)13(11-22-18)10-21-7-6-15-12(9-20)2-1-3-17(15)21;9-4-6-3-5(8(10)12)1-2-7(6)11/h1-9,11,20H,10H2;1-3,11H,(H2,10,12). The third-order valence-corrected chi connectivity index (χ3v) is 6.61. The zero-order chi connectivity index (χ0) is 24.2. The average molecular weight is 487 g/mol. The molecular formula is C26H19ClN4O2S. The number of nitriles is 1. The molecule has 0 saturated carbocycles. The first kappa shape index (κ1) is 23.1. The van der Waals surface area contributed by atoms with Crippen molar-refractivity contribution in [3.05, 3.63) is 99.5 Å². The van der Waals surface area contributed by atoms with Gasteiger partial charge in [-0.25, -0.2) is 0 Å². The molecule has 3 aromatic carbocycles. The van der Waals surface area contributed by atoms with Crippen LogP contribution in [-0.2, 0) is 6.54 Å². The van der Waals surface area contributed by atoms with Crippen LogP contribution in [-0.4, -0.2) is 21.8 Å². The molecule has 8 heteroatoms. The van der Waals surface area contributed by atoms with Crippen LogP contribution >= 0.6 is 22.9 Å². The van der Waals surface area contributed by atoms with Crippen LogP contribution in [0.1, 0.15) is 27.0 Å². The smallest absolute Gasteiger partial charge is 0.248 e.